The van der Waals surface area contributed by atoms with Gasteiger partial charge in [0.1, 0.15) is 22.7 Å². The molecule has 1 aromatic carbocycles. The smallest absolute Gasteiger partial charge is 0.281 e. The first-order chi connectivity index (χ1) is 14.3. The first kappa shape index (κ1) is 20.6. The standard InChI is InChI=1S/C19H18F3N5O2S/c1-9-12-7-30-18(23)27-19(12,8-29-9)11-4-10(2-3-13(11)20)26-17(28)15-6-24-14(5-25-15)16(21)22/h2-6,9,12,16H,7-8H2,1H3,(H2,23,27)(H,26,28)/t9-,12-,19-/m1/s1. The molecule has 0 bridgehead atoms. The summed E-state index contributed by atoms with van der Waals surface area (Å²) in [6.45, 7) is 2.09. The summed E-state index contributed by atoms with van der Waals surface area (Å²) in [5.41, 5.74) is 4.87. The first-order valence-corrected chi connectivity index (χ1v) is 10.1. The number of carbonyl (C=O) groups is 1. The zero-order valence-electron chi connectivity index (χ0n) is 15.8. The molecule has 2 aliphatic rings. The summed E-state index contributed by atoms with van der Waals surface area (Å²) in [5, 5.41) is 2.95. The van der Waals surface area contributed by atoms with E-state index in [0.717, 1.165) is 12.4 Å². The fourth-order valence-electron chi connectivity index (χ4n) is 3.70. The van der Waals surface area contributed by atoms with Gasteiger partial charge in [-0.3, -0.25) is 9.78 Å². The van der Waals surface area contributed by atoms with Gasteiger partial charge in [0.2, 0.25) is 0 Å². The minimum Gasteiger partial charge on any atom is -0.379 e. The number of ether oxygens (including phenoxy) is 1. The van der Waals surface area contributed by atoms with Gasteiger partial charge in [0, 0.05) is 22.9 Å². The summed E-state index contributed by atoms with van der Waals surface area (Å²) in [5.74, 6) is -0.588. The molecule has 1 aromatic heterocycles. The average molecular weight is 437 g/mol. The van der Waals surface area contributed by atoms with Gasteiger partial charge in [-0.25, -0.2) is 23.1 Å². The third kappa shape index (κ3) is 3.63. The Labute approximate surface area is 174 Å². The van der Waals surface area contributed by atoms with E-state index in [1.165, 1.54) is 30.0 Å². The molecule has 11 heteroatoms. The minimum atomic E-state index is -2.78. The third-order valence-electron chi connectivity index (χ3n) is 5.29. The Morgan fingerprint density at radius 3 is 2.87 bits per heavy atom. The van der Waals surface area contributed by atoms with Crippen molar-refractivity contribution in [1.29, 1.82) is 0 Å². The maximum absolute atomic E-state index is 14.8. The van der Waals surface area contributed by atoms with Crippen LogP contribution in [0.1, 0.15) is 35.1 Å². The van der Waals surface area contributed by atoms with Crippen molar-refractivity contribution in [1.82, 2.24) is 9.97 Å². The minimum absolute atomic E-state index is 0.0805. The Morgan fingerprint density at radius 1 is 1.37 bits per heavy atom. The molecule has 1 amide bonds. The number of aliphatic imine (C=N–C) groups is 1. The van der Waals surface area contributed by atoms with E-state index in [2.05, 4.69) is 20.3 Å². The van der Waals surface area contributed by atoms with E-state index in [1.807, 2.05) is 6.92 Å². The van der Waals surface area contributed by atoms with Gasteiger partial charge in [-0.2, -0.15) is 0 Å². The molecule has 0 aliphatic carbocycles. The predicted octanol–water partition coefficient (Wildman–Crippen LogP) is 3.10. The number of aromatic nitrogens is 2. The number of halogens is 3. The second-order valence-corrected chi connectivity index (χ2v) is 8.12. The molecule has 2 aromatic rings. The van der Waals surface area contributed by atoms with E-state index in [4.69, 9.17) is 10.5 Å². The summed E-state index contributed by atoms with van der Waals surface area (Å²) in [4.78, 5) is 24.2. The highest BCUT2D eigenvalue weighted by atomic mass is 32.2. The van der Waals surface area contributed by atoms with E-state index < -0.39 is 29.4 Å². The number of nitrogens with two attached hydrogens (primary N) is 1. The molecule has 1 saturated heterocycles. The van der Waals surface area contributed by atoms with Crippen LogP contribution in [-0.2, 0) is 10.3 Å². The van der Waals surface area contributed by atoms with E-state index in [1.54, 1.807) is 0 Å². The number of nitrogens with one attached hydrogen (secondary N) is 1. The molecule has 0 radical (unpaired) electrons. The molecule has 3 heterocycles. The van der Waals surface area contributed by atoms with Crippen molar-refractivity contribution >= 4 is 28.5 Å². The van der Waals surface area contributed by atoms with Crippen molar-refractivity contribution < 1.29 is 22.7 Å². The molecule has 158 valence electrons. The second-order valence-electron chi connectivity index (χ2n) is 7.08. The largest absolute Gasteiger partial charge is 0.379 e. The molecular weight excluding hydrogens is 419 g/mol. The van der Waals surface area contributed by atoms with Crippen LogP contribution in [0.5, 0.6) is 0 Å². The van der Waals surface area contributed by atoms with Crippen molar-refractivity contribution in [3.05, 3.63) is 53.4 Å². The number of carbonyl (C=O) groups excluding carboxylic acids is 1. The third-order valence-corrected chi connectivity index (χ3v) is 6.20. The van der Waals surface area contributed by atoms with E-state index in [-0.39, 0.29) is 29.9 Å². The molecule has 3 N–H and O–H groups in total. The maximum Gasteiger partial charge on any atom is 0.281 e. The first-order valence-electron chi connectivity index (χ1n) is 9.11. The number of amides is 1. The Bertz CT molecular complexity index is 1000. The lowest BCUT2D eigenvalue weighted by Crippen LogP contribution is -2.41. The monoisotopic (exact) mass is 437 g/mol. The molecule has 7 nitrogen and oxygen atoms in total. The summed E-state index contributed by atoms with van der Waals surface area (Å²) < 4.78 is 45.8. The number of thioether (sulfide) groups is 1. The topological polar surface area (TPSA) is 102 Å². The summed E-state index contributed by atoms with van der Waals surface area (Å²) in [6.07, 6.45) is -1.10. The fraction of sp³-hybridized carbons (Fsp3) is 0.368. The van der Waals surface area contributed by atoms with Crippen molar-refractivity contribution in [2.75, 3.05) is 17.7 Å². The van der Waals surface area contributed by atoms with Crippen LogP contribution in [-0.4, -0.2) is 39.5 Å². The number of nitrogens with zero attached hydrogens (tertiary/aromatic N) is 3. The van der Waals surface area contributed by atoms with Crippen LogP contribution in [0, 0.1) is 11.7 Å². The Hall–Kier alpha value is -2.66. The molecule has 0 saturated carbocycles. The molecule has 30 heavy (non-hydrogen) atoms. The van der Waals surface area contributed by atoms with Gasteiger partial charge in [0.15, 0.2) is 5.17 Å². The zero-order chi connectivity index (χ0) is 21.5. The Balaban J connectivity index is 1.64. The van der Waals surface area contributed by atoms with Crippen LogP contribution in [0.4, 0.5) is 18.9 Å². The van der Waals surface area contributed by atoms with Crippen LogP contribution in [0.25, 0.3) is 0 Å². The highest BCUT2D eigenvalue weighted by Crippen LogP contribution is 2.48. The van der Waals surface area contributed by atoms with Crippen LogP contribution in [0.15, 0.2) is 35.6 Å². The predicted molar refractivity (Wildman–Crippen MR) is 106 cm³/mol. The van der Waals surface area contributed by atoms with E-state index in [9.17, 15) is 18.0 Å². The van der Waals surface area contributed by atoms with Crippen LogP contribution in [0.2, 0.25) is 0 Å². The summed E-state index contributed by atoms with van der Waals surface area (Å²) in [6, 6.07) is 4.13. The average Bonchev–Trinajstić information content (AvgIpc) is 3.06. The number of hydrogen-bond acceptors (Lipinski definition) is 7. The molecule has 3 atom stereocenters. The van der Waals surface area contributed by atoms with Crippen molar-refractivity contribution in [2.45, 2.75) is 25.0 Å². The fourth-order valence-corrected chi connectivity index (χ4v) is 4.82. The molecule has 1 fully saturated rings. The molecule has 4 rings (SSSR count). The van der Waals surface area contributed by atoms with Gasteiger partial charge in [-0.15, -0.1) is 0 Å². The summed E-state index contributed by atoms with van der Waals surface area (Å²) >= 11 is 1.40. The highest BCUT2D eigenvalue weighted by molar-refractivity contribution is 8.13. The highest BCUT2D eigenvalue weighted by Gasteiger charge is 2.52. The van der Waals surface area contributed by atoms with Crippen LogP contribution < -0.4 is 11.1 Å². The van der Waals surface area contributed by atoms with Gasteiger partial charge >= 0.3 is 0 Å². The normalized spacial score (nSPS) is 25.7. The quantitative estimate of drug-likeness (QED) is 0.762. The van der Waals surface area contributed by atoms with Crippen LogP contribution in [0.3, 0.4) is 0 Å². The van der Waals surface area contributed by atoms with E-state index in [0.29, 0.717) is 16.6 Å². The van der Waals surface area contributed by atoms with E-state index >= 15 is 0 Å². The van der Waals surface area contributed by atoms with Crippen molar-refractivity contribution in [2.24, 2.45) is 16.6 Å². The number of hydrogen-bond donors (Lipinski definition) is 2. The number of anilines is 1. The second kappa shape index (κ2) is 7.88. The van der Waals surface area contributed by atoms with Crippen molar-refractivity contribution in [3.63, 3.8) is 0 Å². The van der Waals surface area contributed by atoms with Gasteiger partial charge in [-0.1, -0.05) is 11.8 Å². The zero-order valence-corrected chi connectivity index (χ0v) is 16.6. The van der Waals surface area contributed by atoms with Crippen molar-refractivity contribution in [3.8, 4) is 0 Å². The Kier molecular flexibility index (Phi) is 5.41. The van der Waals surface area contributed by atoms with Gasteiger partial charge in [0.25, 0.3) is 12.3 Å². The maximum atomic E-state index is 14.8. The molecule has 0 unspecified atom stereocenters. The van der Waals surface area contributed by atoms with Gasteiger partial charge in [0.05, 0.1) is 25.1 Å². The number of fused-ring (bicyclic) bond motifs is 1. The lowest BCUT2D eigenvalue weighted by molar-refractivity contribution is 0.102. The Morgan fingerprint density at radius 2 is 2.17 bits per heavy atom. The van der Waals surface area contributed by atoms with Gasteiger partial charge in [-0.05, 0) is 25.1 Å². The van der Waals surface area contributed by atoms with Gasteiger partial charge < -0.3 is 15.8 Å². The molecule has 2 aliphatic heterocycles. The lowest BCUT2D eigenvalue weighted by atomic mass is 9.79. The summed E-state index contributed by atoms with van der Waals surface area (Å²) in [7, 11) is 0. The number of alkyl halides is 2. The number of rotatable bonds is 4. The SMILES string of the molecule is C[C@H]1OC[C@]2(c3cc(NC(=O)c4cnc(C(F)F)cn4)ccc3F)N=C(N)SC[C@H]12. The molecular formula is C19H18F3N5O2S. The molecule has 0 spiro atoms. The number of amidine groups is 1. The lowest BCUT2D eigenvalue weighted by Gasteiger charge is -2.35. The number of benzene rings is 1. The van der Waals surface area contributed by atoms with Crippen LogP contribution >= 0.6 is 11.8 Å².